The zero-order chi connectivity index (χ0) is 20.1. The van der Waals surface area contributed by atoms with Crippen LogP contribution in [0.1, 0.15) is 19.4 Å². The van der Waals surface area contributed by atoms with Gasteiger partial charge in [-0.2, -0.15) is 0 Å². The van der Waals surface area contributed by atoms with Gasteiger partial charge in [-0.25, -0.2) is 19.3 Å². The van der Waals surface area contributed by atoms with Crippen LogP contribution in [0.4, 0.5) is 4.39 Å². The molecule has 0 spiro atoms. The Hall–Kier alpha value is -3.54. The first kappa shape index (κ1) is 18.8. The van der Waals surface area contributed by atoms with Crippen LogP contribution in [0.15, 0.2) is 79.5 Å². The maximum Gasteiger partial charge on any atom is 0.123 e. The lowest BCUT2D eigenvalue weighted by Crippen LogP contribution is -2.17. The number of halogens is 1. The van der Waals surface area contributed by atoms with Crippen molar-refractivity contribution in [3.63, 3.8) is 0 Å². The van der Waals surface area contributed by atoms with E-state index in [4.69, 9.17) is 4.74 Å². The van der Waals surface area contributed by atoms with E-state index in [1.54, 1.807) is 24.7 Å². The first-order valence-electron chi connectivity index (χ1n) is 9.53. The number of benzene rings is 2. The summed E-state index contributed by atoms with van der Waals surface area (Å²) in [5, 5.41) is 0. The van der Waals surface area contributed by atoms with Crippen molar-refractivity contribution >= 4 is 0 Å². The fourth-order valence-corrected chi connectivity index (χ4v) is 3.25. The Morgan fingerprint density at radius 3 is 2.48 bits per heavy atom. The summed E-state index contributed by atoms with van der Waals surface area (Å²) in [6.07, 6.45) is 5.88. The van der Waals surface area contributed by atoms with Gasteiger partial charge in [0, 0.05) is 11.8 Å². The molecule has 0 amide bonds. The molecule has 0 radical (unpaired) electrons. The Morgan fingerprint density at radius 1 is 1.00 bits per heavy atom. The average Bonchev–Trinajstić information content (AvgIpc) is 3.21. The standard InChI is InChI=1S/C23H21FN4O/c1-2-19(14-29-20-6-4-3-5-7-20)28-16-27-22(17-8-10-18(24)11-9-17)23(28)21-12-13-25-15-26-21/h3-13,15-16,19H,2,14H2,1H3. The van der Waals surface area contributed by atoms with E-state index in [1.807, 2.05) is 36.4 Å². The Labute approximate surface area is 168 Å². The molecule has 2 aromatic carbocycles. The molecule has 2 aromatic heterocycles. The number of rotatable bonds is 7. The van der Waals surface area contributed by atoms with Crippen molar-refractivity contribution in [2.45, 2.75) is 19.4 Å². The molecule has 0 bridgehead atoms. The van der Waals surface area contributed by atoms with E-state index in [2.05, 4.69) is 26.4 Å². The van der Waals surface area contributed by atoms with Crippen molar-refractivity contribution in [1.82, 2.24) is 19.5 Å². The van der Waals surface area contributed by atoms with Gasteiger partial charge in [0.05, 0.1) is 29.5 Å². The highest BCUT2D eigenvalue weighted by Gasteiger charge is 2.21. The zero-order valence-electron chi connectivity index (χ0n) is 16.1. The number of hydrogen-bond donors (Lipinski definition) is 0. The number of ether oxygens (including phenoxy) is 1. The van der Waals surface area contributed by atoms with Gasteiger partial charge >= 0.3 is 0 Å². The molecule has 0 aliphatic carbocycles. The van der Waals surface area contributed by atoms with Crippen LogP contribution in [0.2, 0.25) is 0 Å². The van der Waals surface area contributed by atoms with Crippen LogP contribution in [0, 0.1) is 5.82 Å². The van der Waals surface area contributed by atoms with Crippen molar-refractivity contribution in [3.05, 3.63) is 85.3 Å². The van der Waals surface area contributed by atoms with Gasteiger partial charge in [-0.15, -0.1) is 0 Å². The maximum atomic E-state index is 13.4. The summed E-state index contributed by atoms with van der Waals surface area (Å²) in [7, 11) is 0. The van der Waals surface area contributed by atoms with Gasteiger partial charge in [-0.3, -0.25) is 0 Å². The molecular formula is C23H21FN4O. The molecule has 0 aliphatic heterocycles. The minimum absolute atomic E-state index is 0.0573. The normalized spacial score (nSPS) is 11.9. The third-order valence-electron chi connectivity index (χ3n) is 4.79. The Bertz CT molecular complexity index is 1050. The average molecular weight is 388 g/mol. The van der Waals surface area contributed by atoms with Crippen molar-refractivity contribution < 1.29 is 9.13 Å². The first-order chi connectivity index (χ1) is 14.3. The van der Waals surface area contributed by atoms with E-state index in [0.29, 0.717) is 6.61 Å². The fourth-order valence-electron chi connectivity index (χ4n) is 3.25. The Kier molecular flexibility index (Phi) is 5.61. The molecular weight excluding hydrogens is 367 g/mol. The predicted octanol–water partition coefficient (Wildman–Crippen LogP) is 5.18. The Morgan fingerprint density at radius 2 is 1.79 bits per heavy atom. The lowest BCUT2D eigenvalue weighted by molar-refractivity contribution is 0.246. The van der Waals surface area contributed by atoms with Crippen LogP contribution in [0.5, 0.6) is 5.75 Å². The minimum atomic E-state index is -0.278. The van der Waals surface area contributed by atoms with Gasteiger partial charge in [0.2, 0.25) is 0 Å². The van der Waals surface area contributed by atoms with Gasteiger partial charge in [0.25, 0.3) is 0 Å². The molecule has 0 saturated carbocycles. The molecule has 5 nitrogen and oxygen atoms in total. The molecule has 1 atom stereocenters. The van der Waals surface area contributed by atoms with Crippen molar-refractivity contribution in [2.24, 2.45) is 0 Å². The quantitative estimate of drug-likeness (QED) is 0.438. The van der Waals surface area contributed by atoms with Crippen molar-refractivity contribution in [2.75, 3.05) is 6.61 Å². The van der Waals surface area contributed by atoms with E-state index in [-0.39, 0.29) is 11.9 Å². The molecule has 6 heteroatoms. The smallest absolute Gasteiger partial charge is 0.123 e. The zero-order valence-corrected chi connectivity index (χ0v) is 16.1. The lowest BCUT2D eigenvalue weighted by atomic mass is 10.1. The van der Waals surface area contributed by atoms with Crippen molar-refractivity contribution in [3.8, 4) is 28.4 Å². The third kappa shape index (κ3) is 4.16. The SMILES string of the molecule is CCC(COc1ccccc1)n1cnc(-c2ccc(F)cc2)c1-c1ccncn1. The summed E-state index contributed by atoms with van der Waals surface area (Å²) >= 11 is 0. The lowest BCUT2D eigenvalue weighted by Gasteiger charge is -2.20. The molecule has 0 N–H and O–H groups in total. The summed E-state index contributed by atoms with van der Waals surface area (Å²) in [5.74, 6) is 0.549. The van der Waals surface area contributed by atoms with Crippen LogP contribution in [0.25, 0.3) is 22.6 Å². The van der Waals surface area contributed by atoms with Crippen molar-refractivity contribution in [1.29, 1.82) is 0 Å². The summed E-state index contributed by atoms with van der Waals surface area (Å²) in [4.78, 5) is 13.1. The predicted molar refractivity (Wildman–Crippen MR) is 110 cm³/mol. The Balaban J connectivity index is 1.73. The molecule has 2 heterocycles. The van der Waals surface area contributed by atoms with Crippen LogP contribution >= 0.6 is 0 Å². The molecule has 4 aromatic rings. The molecule has 29 heavy (non-hydrogen) atoms. The van der Waals surface area contributed by atoms with Crippen LogP contribution in [-0.4, -0.2) is 26.1 Å². The second-order valence-electron chi connectivity index (χ2n) is 6.64. The van der Waals surface area contributed by atoms with Gasteiger partial charge in [0.1, 0.15) is 24.5 Å². The monoisotopic (exact) mass is 388 g/mol. The summed E-state index contributed by atoms with van der Waals surface area (Å²) in [6.45, 7) is 2.61. The third-order valence-corrected chi connectivity index (χ3v) is 4.79. The van der Waals surface area contributed by atoms with E-state index >= 15 is 0 Å². The van der Waals surface area contributed by atoms with Gasteiger partial charge in [-0.05, 0) is 48.9 Å². The number of aromatic nitrogens is 4. The van der Waals surface area contributed by atoms with Crippen LogP contribution < -0.4 is 4.74 Å². The van der Waals surface area contributed by atoms with E-state index in [0.717, 1.165) is 34.8 Å². The molecule has 1 unspecified atom stereocenters. The van der Waals surface area contributed by atoms with Crippen LogP contribution in [-0.2, 0) is 0 Å². The molecule has 0 fully saturated rings. The number of para-hydroxylation sites is 1. The van der Waals surface area contributed by atoms with Gasteiger partial charge < -0.3 is 9.30 Å². The van der Waals surface area contributed by atoms with Gasteiger partial charge in [-0.1, -0.05) is 25.1 Å². The highest BCUT2D eigenvalue weighted by atomic mass is 19.1. The summed E-state index contributed by atoms with van der Waals surface area (Å²) in [5.41, 5.74) is 3.21. The topological polar surface area (TPSA) is 52.8 Å². The van der Waals surface area contributed by atoms with Crippen LogP contribution in [0.3, 0.4) is 0 Å². The molecule has 0 saturated heterocycles. The number of nitrogens with zero attached hydrogens (tertiary/aromatic N) is 4. The molecule has 146 valence electrons. The van der Waals surface area contributed by atoms with E-state index < -0.39 is 0 Å². The summed E-state index contributed by atoms with van der Waals surface area (Å²) in [6, 6.07) is 18.0. The highest BCUT2D eigenvalue weighted by molar-refractivity contribution is 5.76. The van der Waals surface area contributed by atoms with E-state index in [9.17, 15) is 4.39 Å². The highest BCUT2D eigenvalue weighted by Crippen LogP contribution is 2.33. The largest absolute Gasteiger partial charge is 0.491 e. The van der Waals surface area contributed by atoms with E-state index in [1.165, 1.54) is 18.5 Å². The molecule has 0 aliphatic rings. The second kappa shape index (κ2) is 8.65. The van der Waals surface area contributed by atoms with Gasteiger partial charge in [0.15, 0.2) is 0 Å². The number of hydrogen-bond acceptors (Lipinski definition) is 4. The number of imidazole rings is 1. The molecule has 4 rings (SSSR count). The maximum absolute atomic E-state index is 13.4. The summed E-state index contributed by atoms with van der Waals surface area (Å²) < 4.78 is 21.5. The fraction of sp³-hybridized carbons (Fsp3) is 0.174. The minimum Gasteiger partial charge on any atom is -0.491 e. The second-order valence-corrected chi connectivity index (χ2v) is 6.64. The first-order valence-corrected chi connectivity index (χ1v) is 9.53.